The van der Waals surface area contributed by atoms with E-state index >= 15 is 0 Å². The van der Waals surface area contributed by atoms with Crippen LogP contribution in [0.3, 0.4) is 0 Å². The average molecular weight is 223 g/mol. The summed E-state index contributed by atoms with van der Waals surface area (Å²) in [6.07, 6.45) is 1.99. The minimum atomic E-state index is -0.279. The van der Waals surface area contributed by atoms with Crippen LogP contribution < -0.4 is 5.32 Å². The number of aromatic nitrogens is 2. The molecule has 0 amide bonds. The van der Waals surface area contributed by atoms with E-state index < -0.39 is 0 Å². The van der Waals surface area contributed by atoms with Crippen LogP contribution in [0.4, 0.5) is 5.82 Å². The summed E-state index contributed by atoms with van der Waals surface area (Å²) in [6, 6.07) is 1.97. The van der Waals surface area contributed by atoms with Gasteiger partial charge in [0.1, 0.15) is 12.1 Å². The lowest BCUT2D eigenvalue weighted by molar-refractivity contribution is 0.188. The Labute approximate surface area is 92.0 Å². The van der Waals surface area contributed by atoms with Gasteiger partial charge in [-0.05, 0) is 24.8 Å². The Hall–Kier alpha value is -1.20. The molecule has 0 saturated carbocycles. The number of fused-ring (bicyclic) bond motifs is 1. The lowest BCUT2D eigenvalue weighted by Crippen LogP contribution is -2.10. The molecular weight excluding hydrogens is 210 g/mol. The third kappa shape index (κ3) is 2.43. The van der Waals surface area contributed by atoms with E-state index in [0.717, 1.165) is 29.0 Å². The lowest BCUT2D eigenvalue weighted by Gasteiger charge is -2.07. The van der Waals surface area contributed by atoms with Gasteiger partial charge in [-0.25, -0.2) is 9.97 Å². The maximum absolute atomic E-state index is 9.13. The number of nitrogens with zero attached hydrogens (tertiary/aromatic N) is 2. The number of anilines is 1. The molecule has 0 saturated heterocycles. The molecule has 0 aliphatic rings. The zero-order valence-electron chi connectivity index (χ0n) is 8.47. The van der Waals surface area contributed by atoms with Gasteiger partial charge in [-0.2, -0.15) is 0 Å². The topological polar surface area (TPSA) is 58.0 Å². The first-order valence-corrected chi connectivity index (χ1v) is 5.75. The SMILES string of the molecule is CC(O)CCNc1ncnc2ccsc12. The molecule has 0 radical (unpaired) electrons. The highest BCUT2D eigenvalue weighted by molar-refractivity contribution is 7.17. The van der Waals surface area contributed by atoms with Crippen LogP contribution in [0.15, 0.2) is 17.8 Å². The lowest BCUT2D eigenvalue weighted by atomic mass is 10.3. The molecule has 0 aromatic carbocycles. The number of hydrogen-bond acceptors (Lipinski definition) is 5. The predicted octanol–water partition coefficient (Wildman–Crippen LogP) is 1.87. The Morgan fingerprint density at radius 2 is 2.40 bits per heavy atom. The Bertz CT molecular complexity index is 441. The zero-order valence-corrected chi connectivity index (χ0v) is 9.29. The van der Waals surface area contributed by atoms with Crippen molar-refractivity contribution in [3.8, 4) is 0 Å². The number of rotatable bonds is 4. The minimum Gasteiger partial charge on any atom is -0.393 e. The fourth-order valence-electron chi connectivity index (χ4n) is 1.31. The molecule has 2 heterocycles. The second kappa shape index (κ2) is 4.55. The Kier molecular flexibility index (Phi) is 3.13. The largest absolute Gasteiger partial charge is 0.393 e. The summed E-state index contributed by atoms with van der Waals surface area (Å²) in [7, 11) is 0. The van der Waals surface area contributed by atoms with Crippen LogP contribution in [0, 0.1) is 0 Å². The summed E-state index contributed by atoms with van der Waals surface area (Å²) in [5.74, 6) is 0.857. The molecule has 4 nitrogen and oxygen atoms in total. The smallest absolute Gasteiger partial charge is 0.147 e. The van der Waals surface area contributed by atoms with Gasteiger partial charge in [0, 0.05) is 6.54 Å². The average Bonchev–Trinajstić information content (AvgIpc) is 2.65. The molecule has 0 aliphatic carbocycles. The van der Waals surface area contributed by atoms with Gasteiger partial charge in [-0.15, -0.1) is 11.3 Å². The Balaban J connectivity index is 2.10. The third-order valence-corrected chi connectivity index (χ3v) is 3.01. The van der Waals surface area contributed by atoms with Crippen molar-refractivity contribution in [3.05, 3.63) is 17.8 Å². The van der Waals surface area contributed by atoms with Crippen LogP contribution in [0.5, 0.6) is 0 Å². The number of hydrogen-bond donors (Lipinski definition) is 2. The number of thiophene rings is 1. The van der Waals surface area contributed by atoms with Crippen LogP contribution in [0.1, 0.15) is 13.3 Å². The molecule has 5 heteroatoms. The molecule has 2 aromatic heterocycles. The van der Waals surface area contributed by atoms with Gasteiger partial charge < -0.3 is 10.4 Å². The van der Waals surface area contributed by atoms with Crippen LogP contribution >= 0.6 is 11.3 Å². The van der Waals surface area contributed by atoms with E-state index in [4.69, 9.17) is 5.11 Å². The molecule has 0 bridgehead atoms. The molecule has 0 spiro atoms. The second-order valence-corrected chi connectivity index (χ2v) is 4.34. The normalized spacial score (nSPS) is 12.9. The zero-order chi connectivity index (χ0) is 10.7. The molecule has 0 aliphatic heterocycles. The van der Waals surface area contributed by atoms with E-state index in [1.165, 1.54) is 0 Å². The van der Waals surface area contributed by atoms with Gasteiger partial charge in [0.2, 0.25) is 0 Å². The standard InChI is InChI=1S/C10H13N3OS/c1-7(14)2-4-11-10-9-8(3-5-15-9)12-6-13-10/h3,5-7,14H,2,4H2,1H3,(H,11,12,13). The first kappa shape index (κ1) is 10.3. The van der Waals surface area contributed by atoms with Gasteiger partial charge >= 0.3 is 0 Å². The van der Waals surface area contributed by atoms with E-state index in [-0.39, 0.29) is 6.10 Å². The van der Waals surface area contributed by atoms with Crippen molar-refractivity contribution in [2.45, 2.75) is 19.4 Å². The van der Waals surface area contributed by atoms with Crippen molar-refractivity contribution in [1.82, 2.24) is 9.97 Å². The van der Waals surface area contributed by atoms with Crippen LogP contribution in [0.2, 0.25) is 0 Å². The second-order valence-electron chi connectivity index (χ2n) is 3.42. The van der Waals surface area contributed by atoms with Gasteiger partial charge in [0.25, 0.3) is 0 Å². The van der Waals surface area contributed by atoms with Crippen molar-refractivity contribution in [2.24, 2.45) is 0 Å². The monoisotopic (exact) mass is 223 g/mol. The van der Waals surface area contributed by atoms with E-state index in [1.54, 1.807) is 24.6 Å². The van der Waals surface area contributed by atoms with Gasteiger partial charge in [-0.1, -0.05) is 0 Å². The van der Waals surface area contributed by atoms with Crippen molar-refractivity contribution in [2.75, 3.05) is 11.9 Å². The summed E-state index contributed by atoms with van der Waals surface area (Å²) >= 11 is 1.62. The van der Waals surface area contributed by atoms with E-state index in [1.807, 2.05) is 11.4 Å². The Morgan fingerprint density at radius 3 is 3.20 bits per heavy atom. The van der Waals surface area contributed by atoms with E-state index in [2.05, 4.69) is 15.3 Å². The first-order valence-electron chi connectivity index (χ1n) is 4.87. The Morgan fingerprint density at radius 1 is 1.53 bits per heavy atom. The summed E-state index contributed by atoms with van der Waals surface area (Å²) in [4.78, 5) is 8.34. The molecule has 1 unspecified atom stereocenters. The molecule has 2 rings (SSSR count). The fraction of sp³-hybridized carbons (Fsp3) is 0.400. The van der Waals surface area contributed by atoms with E-state index in [9.17, 15) is 0 Å². The summed E-state index contributed by atoms with van der Waals surface area (Å²) < 4.78 is 1.07. The summed E-state index contributed by atoms with van der Waals surface area (Å²) in [6.45, 7) is 2.50. The highest BCUT2D eigenvalue weighted by atomic mass is 32.1. The van der Waals surface area contributed by atoms with Crippen LogP contribution in [0.25, 0.3) is 10.2 Å². The maximum atomic E-state index is 9.13. The molecule has 2 aromatic rings. The molecule has 2 N–H and O–H groups in total. The highest BCUT2D eigenvalue weighted by Gasteiger charge is 2.04. The van der Waals surface area contributed by atoms with Crippen molar-refractivity contribution < 1.29 is 5.11 Å². The third-order valence-electron chi connectivity index (χ3n) is 2.10. The van der Waals surface area contributed by atoms with Crippen LogP contribution in [-0.2, 0) is 0 Å². The molecule has 80 valence electrons. The predicted molar refractivity (Wildman–Crippen MR) is 62.2 cm³/mol. The van der Waals surface area contributed by atoms with Crippen molar-refractivity contribution in [1.29, 1.82) is 0 Å². The van der Waals surface area contributed by atoms with Gasteiger partial charge in [0.05, 0.1) is 16.3 Å². The summed E-state index contributed by atoms with van der Waals surface area (Å²) in [5.41, 5.74) is 0.967. The van der Waals surface area contributed by atoms with Crippen molar-refractivity contribution >= 4 is 27.4 Å². The fourth-order valence-corrected chi connectivity index (χ4v) is 2.13. The molecular formula is C10H13N3OS. The van der Waals surface area contributed by atoms with Gasteiger partial charge in [0.15, 0.2) is 0 Å². The number of nitrogens with one attached hydrogen (secondary N) is 1. The molecule has 15 heavy (non-hydrogen) atoms. The molecule has 0 fully saturated rings. The van der Waals surface area contributed by atoms with Crippen molar-refractivity contribution in [3.63, 3.8) is 0 Å². The van der Waals surface area contributed by atoms with Crippen LogP contribution in [-0.4, -0.2) is 27.7 Å². The number of aliphatic hydroxyl groups is 1. The van der Waals surface area contributed by atoms with Gasteiger partial charge in [-0.3, -0.25) is 0 Å². The minimum absolute atomic E-state index is 0.279. The van der Waals surface area contributed by atoms with E-state index in [0.29, 0.717) is 0 Å². The number of aliphatic hydroxyl groups excluding tert-OH is 1. The summed E-state index contributed by atoms with van der Waals surface area (Å²) in [5, 5.41) is 14.3. The quantitative estimate of drug-likeness (QED) is 0.830. The first-order chi connectivity index (χ1) is 7.27. The maximum Gasteiger partial charge on any atom is 0.147 e. The highest BCUT2D eigenvalue weighted by Crippen LogP contribution is 2.24. The molecule has 1 atom stereocenters.